The van der Waals surface area contributed by atoms with Crippen LogP contribution >= 0.6 is 12.0 Å². The van der Waals surface area contributed by atoms with E-state index in [-0.39, 0.29) is 0 Å². The first-order chi connectivity index (χ1) is 12.1. The van der Waals surface area contributed by atoms with Crippen molar-refractivity contribution in [1.29, 1.82) is 5.41 Å². The zero-order valence-electron chi connectivity index (χ0n) is 13.5. The van der Waals surface area contributed by atoms with Gasteiger partial charge in [-0.1, -0.05) is 0 Å². The topological polar surface area (TPSA) is 138 Å². The van der Waals surface area contributed by atoms with Gasteiger partial charge in [0.2, 0.25) is 0 Å². The molecule has 0 bridgehead atoms. The number of hydrazine groups is 1. The van der Waals surface area contributed by atoms with E-state index < -0.39 is 0 Å². The largest absolute Gasteiger partial charge is 0.396 e. The van der Waals surface area contributed by atoms with Crippen LogP contribution in [0.5, 0.6) is 0 Å². The van der Waals surface area contributed by atoms with Gasteiger partial charge in [0.25, 0.3) is 0 Å². The van der Waals surface area contributed by atoms with Crippen molar-refractivity contribution in [3.05, 3.63) is 41.9 Å². The molecular formula is C15H18N8OS. The Bertz CT molecular complexity index is 825. The predicted octanol–water partition coefficient (Wildman–Crippen LogP) is 1.51. The van der Waals surface area contributed by atoms with Crippen molar-refractivity contribution in [1.82, 2.24) is 15.3 Å². The maximum atomic E-state index is 7.50. The number of rotatable bonds is 6. The van der Waals surface area contributed by atoms with Gasteiger partial charge in [-0.2, -0.15) is 4.28 Å². The Morgan fingerprint density at radius 3 is 3.00 bits per heavy atom. The summed E-state index contributed by atoms with van der Waals surface area (Å²) < 4.78 is 5.05. The quantitative estimate of drug-likeness (QED) is 0.225. The van der Waals surface area contributed by atoms with Crippen molar-refractivity contribution in [3.8, 4) is 0 Å². The number of hydrogen-bond donors (Lipinski definition) is 5. The van der Waals surface area contributed by atoms with Crippen LogP contribution in [0.3, 0.4) is 0 Å². The van der Waals surface area contributed by atoms with Gasteiger partial charge in [0.05, 0.1) is 41.4 Å². The van der Waals surface area contributed by atoms with Crippen LogP contribution in [0, 0.1) is 5.41 Å². The first-order valence-electron chi connectivity index (χ1n) is 7.39. The van der Waals surface area contributed by atoms with Gasteiger partial charge in [0, 0.05) is 25.0 Å². The summed E-state index contributed by atoms with van der Waals surface area (Å²) in [4.78, 5) is 8.96. The van der Waals surface area contributed by atoms with E-state index in [9.17, 15) is 0 Å². The lowest BCUT2D eigenvalue weighted by Gasteiger charge is -2.20. The summed E-state index contributed by atoms with van der Waals surface area (Å²) in [6.07, 6.45) is 2.90. The third kappa shape index (κ3) is 3.65. The number of anilines is 3. The van der Waals surface area contributed by atoms with Crippen molar-refractivity contribution in [2.45, 2.75) is 11.6 Å². The summed E-state index contributed by atoms with van der Waals surface area (Å²) in [7, 11) is 1.76. The fourth-order valence-electron chi connectivity index (χ4n) is 2.26. The molecule has 0 saturated heterocycles. The number of allylic oxidation sites excluding steroid dienone is 1. The molecule has 10 heteroatoms. The van der Waals surface area contributed by atoms with E-state index in [1.807, 2.05) is 12.1 Å². The van der Waals surface area contributed by atoms with Gasteiger partial charge in [-0.05, 0) is 24.3 Å². The maximum Gasteiger partial charge on any atom is 0.166 e. The van der Waals surface area contributed by atoms with Gasteiger partial charge in [-0.3, -0.25) is 10.5 Å². The second-order valence-electron chi connectivity index (χ2n) is 5.19. The molecule has 1 aliphatic heterocycles. The molecule has 2 aromatic rings. The molecule has 0 spiro atoms. The van der Waals surface area contributed by atoms with Gasteiger partial charge in [-0.25, -0.2) is 15.8 Å². The average molecular weight is 358 g/mol. The molecule has 25 heavy (non-hydrogen) atoms. The van der Waals surface area contributed by atoms with E-state index in [0.717, 1.165) is 28.5 Å². The van der Waals surface area contributed by atoms with Gasteiger partial charge >= 0.3 is 0 Å². The number of aromatic nitrogens is 2. The van der Waals surface area contributed by atoms with E-state index in [0.29, 0.717) is 29.3 Å². The number of fused-ring (bicyclic) bond motifs is 1. The molecule has 0 saturated carbocycles. The Hall–Kier alpha value is -2.82. The van der Waals surface area contributed by atoms with E-state index >= 15 is 0 Å². The monoisotopic (exact) mass is 358 g/mol. The second-order valence-corrected chi connectivity index (χ2v) is 5.91. The third-order valence-corrected chi connectivity index (χ3v) is 4.09. The van der Waals surface area contributed by atoms with Gasteiger partial charge < -0.3 is 16.5 Å². The number of hydrogen-bond acceptors (Lipinski definition) is 10. The normalized spacial score (nSPS) is 13.1. The molecule has 0 fully saturated rings. The molecule has 0 aromatic carbocycles. The average Bonchev–Trinajstić information content (AvgIpc) is 3.08. The predicted molar refractivity (Wildman–Crippen MR) is 99.6 cm³/mol. The van der Waals surface area contributed by atoms with Crippen LogP contribution in [0.25, 0.3) is 5.57 Å². The van der Waals surface area contributed by atoms with Crippen LogP contribution in [0.1, 0.15) is 11.4 Å². The van der Waals surface area contributed by atoms with Crippen LogP contribution in [-0.2, 0) is 10.8 Å². The highest BCUT2D eigenvalue weighted by Crippen LogP contribution is 2.33. The molecule has 0 radical (unpaired) electrons. The third-order valence-electron chi connectivity index (χ3n) is 3.45. The molecule has 130 valence electrons. The fourth-order valence-corrected chi connectivity index (χ4v) is 2.82. The Kier molecular flexibility index (Phi) is 5.03. The van der Waals surface area contributed by atoms with Crippen LogP contribution in [-0.4, -0.2) is 23.2 Å². The standard InChI is InChI=1S/C15H18N8OS/c1-19-7-9(6-16)12-5-3-11(17)14(21-12)23(18)8-10-2-4-13-15(20-10)25-24-22-13/h2-7,16,19,22H,8,17-18H2,1H3/b9-7+,16-6?. The molecule has 1 aliphatic rings. The lowest BCUT2D eigenvalue weighted by Crippen LogP contribution is -2.32. The molecule has 0 aliphatic carbocycles. The first-order valence-corrected chi connectivity index (χ1v) is 8.13. The minimum Gasteiger partial charge on any atom is -0.396 e. The molecule has 0 atom stereocenters. The summed E-state index contributed by atoms with van der Waals surface area (Å²) in [6.45, 7) is 0.324. The summed E-state index contributed by atoms with van der Waals surface area (Å²) in [5.74, 6) is 6.58. The molecule has 9 nitrogen and oxygen atoms in total. The molecule has 0 unspecified atom stereocenters. The zero-order chi connectivity index (χ0) is 17.8. The molecule has 3 rings (SSSR count). The van der Waals surface area contributed by atoms with E-state index in [1.54, 1.807) is 25.4 Å². The minimum absolute atomic E-state index is 0.324. The number of nitrogen functional groups attached to an aromatic ring is 1. The highest BCUT2D eigenvalue weighted by Gasteiger charge is 2.17. The van der Waals surface area contributed by atoms with Crippen molar-refractivity contribution < 1.29 is 4.28 Å². The number of pyridine rings is 2. The molecular weight excluding hydrogens is 340 g/mol. The van der Waals surface area contributed by atoms with Gasteiger partial charge in [0.1, 0.15) is 0 Å². The van der Waals surface area contributed by atoms with Crippen molar-refractivity contribution >= 4 is 41.0 Å². The SMILES string of the molecule is CN/C=C(\C=N)c1ccc(N)c(N(N)Cc2ccc3c(n2)SON3)n1. The summed E-state index contributed by atoms with van der Waals surface area (Å²) >= 11 is 1.16. The lowest BCUT2D eigenvalue weighted by atomic mass is 10.2. The number of nitrogens with one attached hydrogen (secondary N) is 3. The Morgan fingerprint density at radius 1 is 1.40 bits per heavy atom. The second kappa shape index (κ2) is 7.38. The van der Waals surface area contributed by atoms with E-state index in [4.69, 9.17) is 21.3 Å². The summed E-state index contributed by atoms with van der Waals surface area (Å²) in [5, 5.41) is 12.6. The van der Waals surface area contributed by atoms with Crippen molar-refractivity contribution in [2.75, 3.05) is 23.3 Å². The Balaban J connectivity index is 1.85. The molecule has 3 heterocycles. The fraction of sp³-hybridized carbons (Fsp3) is 0.133. The van der Waals surface area contributed by atoms with E-state index in [1.165, 1.54) is 11.2 Å². The molecule has 7 N–H and O–H groups in total. The van der Waals surface area contributed by atoms with Crippen LogP contribution in [0.15, 0.2) is 35.5 Å². The number of nitrogens with two attached hydrogens (primary N) is 2. The van der Waals surface area contributed by atoms with Crippen LogP contribution < -0.4 is 27.4 Å². The van der Waals surface area contributed by atoms with E-state index in [2.05, 4.69) is 20.8 Å². The Labute approximate surface area is 149 Å². The molecule has 2 aromatic heterocycles. The molecule has 0 amide bonds. The Morgan fingerprint density at radius 2 is 2.24 bits per heavy atom. The van der Waals surface area contributed by atoms with Gasteiger partial charge in [0.15, 0.2) is 10.8 Å². The smallest absolute Gasteiger partial charge is 0.166 e. The lowest BCUT2D eigenvalue weighted by molar-refractivity contribution is 0.491. The summed E-state index contributed by atoms with van der Waals surface area (Å²) in [5.41, 5.74) is 12.0. The van der Waals surface area contributed by atoms with Crippen LogP contribution in [0.4, 0.5) is 17.2 Å². The summed E-state index contributed by atoms with van der Waals surface area (Å²) in [6, 6.07) is 7.19. The highest BCUT2D eigenvalue weighted by atomic mass is 32.2. The number of nitrogens with zero attached hydrogens (tertiary/aromatic N) is 3. The highest BCUT2D eigenvalue weighted by molar-refractivity contribution is 7.95. The van der Waals surface area contributed by atoms with Crippen LogP contribution in [0.2, 0.25) is 0 Å². The first kappa shape index (κ1) is 17.0. The van der Waals surface area contributed by atoms with Crippen molar-refractivity contribution in [2.24, 2.45) is 5.84 Å². The maximum absolute atomic E-state index is 7.50. The van der Waals surface area contributed by atoms with Crippen molar-refractivity contribution in [3.63, 3.8) is 0 Å². The minimum atomic E-state index is 0.324. The zero-order valence-corrected chi connectivity index (χ0v) is 14.3. The van der Waals surface area contributed by atoms with Gasteiger partial charge in [-0.15, -0.1) is 0 Å².